The highest BCUT2D eigenvalue weighted by molar-refractivity contribution is 7.15. The minimum atomic E-state index is -0.354. The zero-order valence-electron chi connectivity index (χ0n) is 20.0. The Balaban J connectivity index is 1.64. The average molecular weight is 472 g/mol. The monoisotopic (exact) mass is 471 g/mol. The van der Waals surface area contributed by atoms with E-state index in [1.54, 1.807) is 10.5 Å². The van der Waals surface area contributed by atoms with Crippen molar-refractivity contribution in [2.75, 3.05) is 7.11 Å². The van der Waals surface area contributed by atoms with Crippen molar-refractivity contribution < 1.29 is 9.53 Å². The number of hydrogen-bond donors (Lipinski definition) is 0. The van der Waals surface area contributed by atoms with Gasteiger partial charge in [-0.2, -0.15) is 0 Å². The van der Waals surface area contributed by atoms with Crippen LogP contribution < -0.4 is 10.1 Å². The summed E-state index contributed by atoms with van der Waals surface area (Å²) in [6.07, 6.45) is 1.95. The molecule has 0 amide bonds. The molecule has 0 N–H and O–H groups in total. The van der Waals surface area contributed by atoms with E-state index >= 15 is 0 Å². The number of carbonyl (C=O) groups is 1. The van der Waals surface area contributed by atoms with Crippen molar-refractivity contribution in [1.82, 2.24) is 14.0 Å². The molecule has 0 aliphatic carbocycles. The second-order valence-corrected chi connectivity index (χ2v) is 9.73. The highest BCUT2D eigenvalue weighted by Gasteiger charge is 2.16. The van der Waals surface area contributed by atoms with E-state index in [-0.39, 0.29) is 11.5 Å². The van der Waals surface area contributed by atoms with E-state index in [1.807, 2.05) is 58.0 Å². The zero-order chi connectivity index (χ0) is 24.3. The number of imidazole rings is 1. The van der Waals surface area contributed by atoms with Gasteiger partial charge < -0.3 is 9.30 Å². The largest absolute Gasteiger partial charge is 0.465 e. The van der Waals surface area contributed by atoms with Crippen LogP contribution in [0, 0.1) is 34.6 Å². The molecule has 0 radical (unpaired) electrons. The summed E-state index contributed by atoms with van der Waals surface area (Å²) in [6, 6.07) is 11.7. The maximum absolute atomic E-state index is 13.3. The molecule has 6 nitrogen and oxygen atoms in total. The number of esters is 1. The molecule has 172 valence electrons. The third-order valence-electron chi connectivity index (χ3n) is 6.47. The summed E-state index contributed by atoms with van der Waals surface area (Å²) in [7, 11) is 1.38. The van der Waals surface area contributed by atoms with E-state index in [1.165, 1.54) is 24.0 Å². The van der Waals surface area contributed by atoms with Crippen LogP contribution in [0.5, 0.6) is 0 Å². The highest BCUT2D eigenvalue weighted by Crippen LogP contribution is 2.25. The second kappa shape index (κ2) is 7.95. The normalized spacial score (nSPS) is 12.2. The molecule has 0 aliphatic rings. The molecular formula is C27H25N3O3S. The molecule has 0 bridgehead atoms. The first-order valence-corrected chi connectivity index (χ1v) is 11.8. The SMILES string of the molecule is COC(=O)c1ccc(-n2c(C)cc(/C=c3\sc4nc5cc(C)c(C)cc5n4c3=O)c2C)c(C)c1. The number of nitrogens with zero attached hydrogens (tertiary/aromatic N) is 3. The molecule has 2 aromatic carbocycles. The summed E-state index contributed by atoms with van der Waals surface area (Å²) < 4.78 is 9.35. The van der Waals surface area contributed by atoms with Gasteiger partial charge in [0, 0.05) is 17.1 Å². The fourth-order valence-corrected chi connectivity index (χ4v) is 5.49. The summed E-state index contributed by atoms with van der Waals surface area (Å²) in [5, 5.41) is 0. The number of aryl methyl sites for hydroxylation is 4. The molecule has 0 aliphatic heterocycles. The number of hydrogen-bond acceptors (Lipinski definition) is 5. The topological polar surface area (TPSA) is 65.6 Å². The molecule has 0 saturated carbocycles. The molecule has 0 fully saturated rings. The molecule has 0 atom stereocenters. The molecule has 0 saturated heterocycles. The summed E-state index contributed by atoms with van der Waals surface area (Å²) >= 11 is 1.41. The van der Waals surface area contributed by atoms with Gasteiger partial charge in [0.1, 0.15) is 0 Å². The molecule has 5 aromatic rings. The van der Waals surface area contributed by atoms with Gasteiger partial charge in [-0.15, -0.1) is 0 Å². The molecule has 34 heavy (non-hydrogen) atoms. The van der Waals surface area contributed by atoms with Gasteiger partial charge in [0.2, 0.25) is 0 Å². The average Bonchev–Trinajstić information content (AvgIpc) is 3.39. The van der Waals surface area contributed by atoms with Gasteiger partial charge in [0.15, 0.2) is 4.96 Å². The fraction of sp³-hybridized carbons (Fsp3) is 0.222. The lowest BCUT2D eigenvalue weighted by Gasteiger charge is -2.13. The van der Waals surface area contributed by atoms with Gasteiger partial charge in [0.05, 0.1) is 28.2 Å². The molecule has 3 heterocycles. The van der Waals surface area contributed by atoms with Gasteiger partial charge in [-0.05, 0) is 99.3 Å². The van der Waals surface area contributed by atoms with Crippen molar-refractivity contribution in [3.8, 4) is 5.69 Å². The van der Waals surface area contributed by atoms with Crippen molar-refractivity contribution >= 4 is 39.4 Å². The van der Waals surface area contributed by atoms with Crippen molar-refractivity contribution in [3.05, 3.63) is 90.5 Å². The van der Waals surface area contributed by atoms with Gasteiger partial charge in [0.25, 0.3) is 5.56 Å². The lowest BCUT2D eigenvalue weighted by molar-refractivity contribution is 0.0600. The second-order valence-electron chi connectivity index (χ2n) is 8.73. The first-order valence-electron chi connectivity index (χ1n) is 11.0. The third-order valence-corrected chi connectivity index (χ3v) is 7.44. The van der Waals surface area contributed by atoms with Gasteiger partial charge in [-0.1, -0.05) is 11.3 Å². The first kappa shape index (κ1) is 22.1. The molecule has 0 unspecified atom stereocenters. The lowest BCUT2D eigenvalue weighted by Crippen LogP contribution is -2.22. The highest BCUT2D eigenvalue weighted by atomic mass is 32.1. The predicted molar refractivity (Wildman–Crippen MR) is 136 cm³/mol. The van der Waals surface area contributed by atoms with E-state index in [4.69, 9.17) is 9.72 Å². The molecular weight excluding hydrogens is 446 g/mol. The Kier molecular flexibility index (Phi) is 5.17. The number of rotatable bonds is 3. The number of carbonyl (C=O) groups excluding carboxylic acids is 1. The predicted octanol–water partition coefficient (Wildman–Crippen LogP) is 4.58. The van der Waals surface area contributed by atoms with E-state index in [0.717, 1.165) is 44.8 Å². The maximum atomic E-state index is 13.3. The van der Waals surface area contributed by atoms with Crippen molar-refractivity contribution in [3.63, 3.8) is 0 Å². The van der Waals surface area contributed by atoms with Crippen LogP contribution in [-0.2, 0) is 4.74 Å². The Bertz CT molecular complexity index is 1740. The first-order chi connectivity index (χ1) is 16.2. The third kappa shape index (κ3) is 3.35. The number of methoxy groups -OCH3 is 1. The minimum absolute atomic E-state index is 0.0471. The van der Waals surface area contributed by atoms with Gasteiger partial charge in [-0.25, -0.2) is 14.2 Å². The van der Waals surface area contributed by atoms with Crippen molar-refractivity contribution in [1.29, 1.82) is 0 Å². The van der Waals surface area contributed by atoms with E-state index < -0.39 is 0 Å². The van der Waals surface area contributed by atoms with Crippen LogP contribution in [-0.4, -0.2) is 27.0 Å². The fourth-order valence-electron chi connectivity index (χ4n) is 4.52. The van der Waals surface area contributed by atoms with Crippen molar-refractivity contribution in [2.45, 2.75) is 34.6 Å². The number of benzene rings is 2. The number of thiazole rings is 1. The maximum Gasteiger partial charge on any atom is 0.337 e. The van der Waals surface area contributed by atoms with Gasteiger partial charge in [-0.3, -0.25) is 4.79 Å². The Labute approximate surface area is 200 Å². The smallest absolute Gasteiger partial charge is 0.337 e. The van der Waals surface area contributed by atoms with Gasteiger partial charge >= 0.3 is 5.97 Å². The van der Waals surface area contributed by atoms with E-state index in [2.05, 4.69) is 17.6 Å². The molecule has 5 rings (SSSR count). The van der Waals surface area contributed by atoms with Crippen LogP contribution in [0.4, 0.5) is 0 Å². The van der Waals surface area contributed by atoms with Crippen LogP contribution in [0.15, 0.2) is 41.2 Å². The van der Waals surface area contributed by atoms with Crippen LogP contribution in [0.25, 0.3) is 27.8 Å². The molecule has 0 spiro atoms. The van der Waals surface area contributed by atoms with Crippen LogP contribution in [0.2, 0.25) is 0 Å². The summed E-state index contributed by atoms with van der Waals surface area (Å²) in [6.45, 7) is 10.2. The Morgan fingerprint density at radius 2 is 1.74 bits per heavy atom. The Hall–Kier alpha value is -3.71. The number of ether oxygens (including phenoxy) is 1. The Morgan fingerprint density at radius 1 is 1.00 bits per heavy atom. The zero-order valence-corrected chi connectivity index (χ0v) is 20.8. The lowest BCUT2D eigenvalue weighted by atomic mass is 10.1. The van der Waals surface area contributed by atoms with E-state index in [9.17, 15) is 9.59 Å². The summed E-state index contributed by atoms with van der Waals surface area (Å²) in [5.41, 5.74) is 9.48. The molecule has 7 heteroatoms. The number of aromatic nitrogens is 3. The standard InChI is InChI=1S/C27H25N3O3S/c1-14-10-21-23(11-15(14)2)30-25(31)24(34-27(30)28-21)13-20-12-17(4)29(18(20)5)22-8-7-19(9-16(22)3)26(32)33-6/h7-13H,1-6H3/b24-13-. The summed E-state index contributed by atoms with van der Waals surface area (Å²) in [5.74, 6) is -0.354. The molecule has 3 aromatic heterocycles. The number of fused-ring (bicyclic) bond motifs is 3. The van der Waals surface area contributed by atoms with Crippen LogP contribution >= 0.6 is 11.3 Å². The quantitative estimate of drug-likeness (QED) is 0.362. The van der Waals surface area contributed by atoms with Crippen LogP contribution in [0.1, 0.15) is 44.0 Å². The minimum Gasteiger partial charge on any atom is -0.465 e. The van der Waals surface area contributed by atoms with Crippen molar-refractivity contribution in [2.24, 2.45) is 0 Å². The van der Waals surface area contributed by atoms with Crippen LogP contribution in [0.3, 0.4) is 0 Å². The Morgan fingerprint density at radius 3 is 2.44 bits per heavy atom. The summed E-state index contributed by atoms with van der Waals surface area (Å²) in [4.78, 5) is 30.6. The van der Waals surface area contributed by atoms with E-state index in [0.29, 0.717) is 15.1 Å².